The van der Waals surface area contributed by atoms with Gasteiger partial charge in [0.05, 0.1) is 7.11 Å². The number of hydrogen-bond acceptors (Lipinski definition) is 9. The minimum atomic E-state index is -1.06. The summed E-state index contributed by atoms with van der Waals surface area (Å²) < 4.78 is 4.80. The zero-order chi connectivity index (χ0) is 30.3. The maximum absolute atomic E-state index is 13.6. The van der Waals surface area contributed by atoms with Gasteiger partial charge in [0.25, 0.3) is 17.7 Å². The van der Waals surface area contributed by atoms with Crippen molar-refractivity contribution in [1.82, 2.24) is 20.7 Å². The number of benzene rings is 1. The Morgan fingerprint density at radius 3 is 2.54 bits per heavy atom. The summed E-state index contributed by atoms with van der Waals surface area (Å²) >= 11 is 0. The van der Waals surface area contributed by atoms with Crippen LogP contribution in [0.3, 0.4) is 0 Å². The molecule has 2 heterocycles. The van der Waals surface area contributed by atoms with Crippen LogP contribution in [0.15, 0.2) is 35.9 Å². The Morgan fingerprint density at radius 1 is 1.20 bits per heavy atom. The van der Waals surface area contributed by atoms with Crippen molar-refractivity contribution in [2.24, 2.45) is 11.8 Å². The molecule has 222 valence electrons. The molecule has 0 radical (unpaired) electrons. The fourth-order valence-corrected chi connectivity index (χ4v) is 4.91. The molecule has 41 heavy (non-hydrogen) atoms. The Labute approximate surface area is 239 Å². The Balaban J connectivity index is 1.72. The number of hydrogen-bond donors (Lipinski definition) is 3. The molecule has 1 aromatic carbocycles. The number of aromatic hydroxyl groups is 1. The average Bonchev–Trinajstić information content (AvgIpc) is 3.18. The number of esters is 1. The highest BCUT2D eigenvalue weighted by molar-refractivity contribution is 6.16. The van der Waals surface area contributed by atoms with Crippen LogP contribution in [0.4, 0.5) is 0 Å². The molecular weight excluding hydrogens is 532 g/mol. The third-order valence-corrected chi connectivity index (χ3v) is 7.29. The fourth-order valence-electron chi connectivity index (χ4n) is 4.91. The second kappa shape index (κ2) is 14.0. The molecule has 1 fully saturated rings. The fraction of sp³-hybridized carbons (Fsp3) is 0.517. The zero-order valence-electron chi connectivity index (χ0n) is 23.8. The summed E-state index contributed by atoms with van der Waals surface area (Å²) in [5.41, 5.74) is 3.80. The van der Waals surface area contributed by atoms with Gasteiger partial charge in [-0.25, -0.2) is 5.43 Å². The molecule has 3 rings (SSSR count). The molecule has 0 spiro atoms. The number of methoxy groups -OCH3 is 1. The summed E-state index contributed by atoms with van der Waals surface area (Å²) in [6.07, 6.45) is 2.10. The van der Waals surface area contributed by atoms with Crippen LogP contribution < -0.4 is 10.7 Å². The van der Waals surface area contributed by atoms with E-state index in [9.17, 15) is 33.9 Å². The number of imide groups is 1. The van der Waals surface area contributed by atoms with Gasteiger partial charge in [0.2, 0.25) is 5.91 Å². The van der Waals surface area contributed by atoms with E-state index < -0.39 is 47.6 Å². The molecular formula is C29H38N4O8. The molecule has 2 aliphatic rings. The predicted molar refractivity (Wildman–Crippen MR) is 147 cm³/mol. The molecule has 4 amide bonds. The summed E-state index contributed by atoms with van der Waals surface area (Å²) in [6.45, 7) is 5.35. The minimum absolute atomic E-state index is 0.00731. The molecule has 12 nitrogen and oxygen atoms in total. The predicted octanol–water partition coefficient (Wildman–Crippen LogP) is 1.02. The number of amides is 4. The van der Waals surface area contributed by atoms with E-state index in [1.165, 1.54) is 37.3 Å². The first kappa shape index (κ1) is 31.5. The lowest BCUT2D eigenvalue weighted by Gasteiger charge is -2.35. The van der Waals surface area contributed by atoms with Gasteiger partial charge in [-0.05, 0) is 43.4 Å². The molecule has 0 aromatic heterocycles. The molecule has 1 saturated heterocycles. The summed E-state index contributed by atoms with van der Waals surface area (Å²) in [7, 11) is 1.27. The number of rotatable bonds is 12. The summed E-state index contributed by atoms with van der Waals surface area (Å²) in [4.78, 5) is 77.1. The van der Waals surface area contributed by atoms with E-state index in [0.717, 1.165) is 4.90 Å². The van der Waals surface area contributed by atoms with Crippen molar-refractivity contribution in [1.29, 1.82) is 0 Å². The maximum Gasteiger partial charge on any atom is 0.324 e. The Morgan fingerprint density at radius 2 is 1.93 bits per heavy atom. The highest BCUT2D eigenvalue weighted by atomic mass is 16.5. The lowest BCUT2D eigenvalue weighted by molar-refractivity contribution is -0.151. The van der Waals surface area contributed by atoms with Crippen LogP contribution in [0.5, 0.6) is 5.75 Å². The molecule has 12 heteroatoms. The van der Waals surface area contributed by atoms with Gasteiger partial charge in [0.1, 0.15) is 23.6 Å². The minimum Gasteiger partial charge on any atom is -0.508 e. The van der Waals surface area contributed by atoms with Crippen molar-refractivity contribution < 1.29 is 38.6 Å². The number of phenolic OH excluding ortho intramolecular Hbond substituents is 1. The van der Waals surface area contributed by atoms with Gasteiger partial charge < -0.3 is 15.2 Å². The van der Waals surface area contributed by atoms with Crippen molar-refractivity contribution in [3.63, 3.8) is 0 Å². The smallest absolute Gasteiger partial charge is 0.324 e. The lowest BCUT2D eigenvalue weighted by Crippen LogP contribution is -2.60. The van der Waals surface area contributed by atoms with Crippen LogP contribution in [0.2, 0.25) is 0 Å². The van der Waals surface area contributed by atoms with E-state index in [1.807, 2.05) is 0 Å². The third kappa shape index (κ3) is 8.23. The number of hydrazine groups is 1. The summed E-state index contributed by atoms with van der Waals surface area (Å²) in [5, 5.41) is 14.0. The quantitative estimate of drug-likeness (QED) is 0.246. The number of nitrogens with zero attached hydrogens (tertiary/aromatic N) is 2. The molecule has 0 aliphatic carbocycles. The standard InChI is InChI=1S/C29H38N4O8/c1-17(2)22(16-21(35)10-12-32-25(36)13-18(3)27(32)38)26(37)30-24(15-19-7-5-8-20(34)14-19)28(39)33-11-6-9-23(31-33)29(40)41-4/h5,7-8,13-14,17,22-24,31,34H,6,9-12,15-16H2,1-4H3,(H,30,37)/t22-,23?,24-/m0/s1. The largest absolute Gasteiger partial charge is 0.508 e. The summed E-state index contributed by atoms with van der Waals surface area (Å²) in [5.74, 6) is -3.70. The van der Waals surface area contributed by atoms with Crippen molar-refractivity contribution in [2.45, 2.75) is 65.0 Å². The zero-order valence-corrected chi connectivity index (χ0v) is 23.8. The van der Waals surface area contributed by atoms with E-state index in [-0.39, 0.29) is 43.3 Å². The van der Waals surface area contributed by atoms with Crippen LogP contribution in [-0.2, 0) is 39.9 Å². The second-order valence-corrected chi connectivity index (χ2v) is 10.7. The first-order valence-corrected chi connectivity index (χ1v) is 13.7. The monoisotopic (exact) mass is 570 g/mol. The molecule has 2 aliphatic heterocycles. The number of phenols is 1. The summed E-state index contributed by atoms with van der Waals surface area (Å²) in [6, 6.07) is 4.57. The Kier molecular flexibility index (Phi) is 10.8. The molecule has 1 aromatic rings. The number of carbonyl (C=O) groups excluding carboxylic acids is 6. The first-order valence-electron chi connectivity index (χ1n) is 13.7. The van der Waals surface area contributed by atoms with E-state index >= 15 is 0 Å². The maximum atomic E-state index is 13.6. The highest BCUT2D eigenvalue weighted by Crippen LogP contribution is 2.21. The third-order valence-electron chi connectivity index (χ3n) is 7.29. The first-order chi connectivity index (χ1) is 19.4. The van der Waals surface area contributed by atoms with Crippen molar-refractivity contribution in [3.8, 4) is 5.75 Å². The van der Waals surface area contributed by atoms with E-state index in [2.05, 4.69) is 10.7 Å². The number of carbonyl (C=O) groups is 6. The van der Waals surface area contributed by atoms with Crippen molar-refractivity contribution in [3.05, 3.63) is 41.5 Å². The number of ketones is 1. The van der Waals surface area contributed by atoms with Crippen LogP contribution in [0.1, 0.15) is 52.0 Å². The molecule has 1 unspecified atom stereocenters. The van der Waals surface area contributed by atoms with E-state index in [0.29, 0.717) is 30.5 Å². The van der Waals surface area contributed by atoms with Crippen LogP contribution in [-0.4, -0.2) is 82.7 Å². The van der Waals surface area contributed by atoms with Crippen molar-refractivity contribution >= 4 is 35.4 Å². The Hall–Kier alpha value is -4.06. The average molecular weight is 571 g/mol. The van der Waals surface area contributed by atoms with Gasteiger partial charge in [0.15, 0.2) is 0 Å². The van der Waals surface area contributed by atoms with E-state index in [1.54, 1.807) is 26.0 Å². The van der Waals surface area contributed by atoms with Gasteiger partial charge in [-0.3, -0.25) is 38.7 Å². The SMILES string of the molecule is COC(=O)C1CCCN(C(=O)[C@H](Cc2cccc(O)c2)NC(=O)[C@@H](CC(=O)CCN2C(=O)C=C(C)C2=O)C(C)C)N1. The van der Waals surface area contributed by atoms with Gasteiger partial charge in [-0.1, -0.05) is 26.0 Å². The van der Waals surface area contributed by atoms with Crippen LogP contribution in [0, 0.1) is 11.8 Å². The Bertz CT molecular complexity index is 1230. The normalized spacial score (nSPS) is 18.7. The number of ether oxygens (including phenoxy) is 1. The topological polar surface area (TPSA) is 162 Å². The van der Waals surface area contributed by atoms with E-state index in [4.69, 9.17) is 4.74 Å². The van der Waals surface area contributed by atoms with Gasteiger partial charge in [-0.15, -0.1) is 0 Å². The number of nitrogens with one attached hydrogen (secondary N) is 2. The molecule has 0 saturated carbocycles. The van der Waals surface area contributed by atoms with Crippen LogP contribution in [0.25, 0.3) is 0 Å². The molecule has 0 bridgehead atoms. The van der Waals surface area contributed by atoms with Gasteiger partial charge >= 0.3 is 5.97 Å². The van der Waals surface area contributed by atoms with Gasteiger partial charge in [0, 0.05) is 49.9 Å². The number of Topliss-reactive ketones (excluding diaryl/α,β-unsaturated/α-hetero) is 1. The lowest BCUT2D eigenvalue weighted by atomic mass is 9.88. The second-order valence-electron chi connectivity index (χ2n) is 10.7. The molecule has 3 N–H and O–H groups in total. The molecule has 3 atom stereocenters. The van der Waals surface area contributed by atoms with Crippen molar-refractivity contribution in [2.75, 3.05) is 20.2 Å². The van der Waals surface area contributed by atoms with Gasteiger partial charge in [-0.2, -0.15) is 0 Å². The van der Waals surface area contributed by atoms with Crippen LogP contribution >= 0.6 is 0 Å². The highest BCUT2D eigenvalue weighted by Gasteiger charge is 2.35.